The number of furan rings is 1. The average molecular weight is 261 g/mol. The zero-order chi connectivity index (χ0) is 13.2. The van der Waals surface area contributed by atoms with Crippen molar-refractivity contribution in [3.8, 4) is 11.6 Å². The summed E-state index contributed by atoms with van der Waals surface area (Å²) in [5.41, 5.74) is 5.77. The van der Waals surface area contributed by atoms with Gasteiger partial charge in [0.15, 0.2) is 5.76 Å². The third-order valence-corrected chi connectivity index (χ3v) is 2.37. The van der Waals surface area contributed by atoms with Crippen LogP contribution in [0.2, 0.25) is 0 Å². The minimum absolute atomic E-state index is 0.0290. The summed E-state index contributed by atoms with van der Waals surface area (Å²) < 4.78 is 6.53. The summed E-state index contributed by atoms with van der Waals surface area (Å²) in [4.78, 5) is 12.4. The van der Waals surface area contributed by atoms with Gasteiger partial charge in [-0.15, -0.1) is 5.10 Å². The van der Waals surface area contributed by atoms with Crippen molar-refractivity contribution in [3.63, 3.8) is 0 Å². The molecule has 3 aromatic heterocycles. The highest BCUT2D eigenvalue weighted by Crippen LogP contribution is 2.17. The second kappa shape index (κ2) is 4.53. The van der Waals surface area contributed by atoms with E-state index in [9.17, 15) is 0 Å². The van der Waals surface area contributed by atoms with Gasteiger partial charge in [-0.05, 0) is 12.1 Å². The molecule has 3 aromatic rings. The minimum Gasteiger partial charge on any atom is -0.461 e. The van der Waals surface area contributed by atoms with Crippen molar-refractivity contribution in [2.45, 2.75) is 0 Å². The Kier molecular flexibility index (Phi) is 2.72. The van der Waals surface area contributed by atoms with Crippen LogP contribution in [0, 0.1) is 0 Å². The van der Waals surface area contributed by atoms with Gasteiger partial charge in [0.05, 0.1) is 12.9 Å². The zero-order valence-electron chi connectivity index (χ0n) is 9.82. The lowest BCUT2D eigenvalue weighted by Crippen LogP contribution is -2.12. The summed E-state index contributed by atoms with van der Waals surface area (Å²) >= 11 is 0. The zero-order valence-corrected chi connectivity index (χ0v) is 9.82. The Labute approximate surface area is 107 Å². The Bertz CT molecular complexity index is 691. The summed E-state index contributed by atoms with van der Waals surface area (Å²) in [7, 11) is 0. The SMILES string of the molecule is Nc1nc(NCCO)nc2nc(-c3ccco3)nn12. The predicted molar refractivity (Wildman–Crippen MR) is 66.3 cm³/mol. The van der Waals surface area contributed by atoms with E-state index < -0.39 is 0 Å². The number of hydrogen-bond acceptors (Lipinski definition) is 8. The Morgan fingerprint density at radius 3 is 3.00 bits per heavy atom. The molecule has 0 saturated heterocycles. The van der Waals surface area contributed by atoms with E-state index in [0.717, 1.165) is 0 Å². The summed E-state index contributed by atoms with van der Waals surface area (Å²) in [6, 6.07) is 3.48. The highest BCUT2D eigenvalue weighted by atomic mass is 16.3. The number of nitrogen functional groups attached to an aromatic ring is 1. The van der Waals surface area contributed by atoms with Crippen LogP contribution in [-0.2, 0) is 0 Å². The van der Waals surface area contributed by atoms with Crippen LogP contribution in [0.3, 0.4) is 0 Å². The molecule has 0 bridgehead atoms. The standard InChI is InChI=1S/C10H11N7O2/c11-8-14-9(12-3-4-18)15-10-13-7(16-17(8)10)6-2-1-5-19-6/h1-2,5,18H,3-4H2,(H3,11,12,13,14,15,16). The molecule has 0 saturated carbocycles. The van der Waals surface area contributed by atoms with Crippen LogP contribution < -0.4 is 11.1 Å². The van der Waals surface area contributed by atoms with Crippen LogP contribution in [0.1, 0.15) is 0 Å². The minimum atomic E-state index is -0.0290. The molecule has 0 aromatic carbocycles. The van der Waals surface area contributed by atoms with E-state index in [2.05, 4.69) is 25.4 Å². The van der Waals surface area contributed by atoms with Gasteiger partial charge in [-0.1, -0.05) is 0 Å². The molecule has 98 valence electrons. The summed E-state index contributed by atoms with van der Waals surface area (Å²) in [6.45, 7) is 0.299. The highest BCUT2D eigenvalue weighted by molar-refractivity contribution is 5.52. The molecule has 9 nitrogen and oxygen atoms in total. The number of nitrogens with zero attached hydrogens (tertiary/aromatic N) is 5. The van der Waals surface area contributed by atoms with Crippen molar-refractivity contribution in [2.75, 3.05) is 24.2 Å². The molecule has 0 unspecified atom stereocenters. The first kappa shape index (κ1) is 11.4. The molecular weight excluding hydrogens is 250 g/mol. The number of anilines is 2. The van der Waals surface area contributed by atoms with Crippen LogP contribution in [0.15, 0.2) is 22.8 Å². The van der Waals surface area contributed by atoms with E-state index in [1.165, 1.54) is 10.8 Å². The average Bonchev–Trinajstić information content (AvgIpc) is 3.04. The fourth-order valence-electron chi connectivity index (χ4n) is 1.56. The number of rotatable bonds is 4. The van der Waals surface area contributed by atoms with Gasteiger partial charge in [-0.2, -0.15) is 19.5 Å². The molecule has 3 heterocycles. The van der Waals surface area contributed by atoms with Crippen LogP contribution in [0.4, 0.5) is 11.9 Å². The highest BCUT2D eigenvalue weighted by Gasteiger charge is 2.13. The topological polar surface area (TPSA) is 127 Å². The smallest absolute Gasteiger partial charge is 0.259 e. The molecule has 0 amide bonds. The maximum Gasteiger partial charge on any atom is 0.259 e. The number of nitrogens with two attached hydrogens (primary N) is 1. The molecule has 0 spiro atoms. The van der Waals surface area contributed by atoms with Gasteiger partial charge in [-0.3, -0.25) is 0 Å². The largest absolute Gasteiger partial charge is 0.461 e. The molecular formula is C10H11N7O2. The second-order valence-corrected chi connectivity index (χ2v) is 3.68. The Balaban J connectivity index is 2.04. The molecule has 0 aliphatic heterocycles. The Morgan fingerprint density at radius 1 is 1.37 bits per heavy atom. The van der Waals surface area contributed by atoms with Crippen molar-refractivity contribution in [1.29, 1.82) is 0 Å². The molecule has 9 heteroatoms. The van der Waals surface area contributed by atoms with Gasteiger partial charge < -0.3 is 20.6 Å². The van der Waals surface area contributed by atoms with Gasteiger partial charge >= 0.3 is 0 Å². The van der Waals surface area contributed by atoms with Crippen molar-refractivity contribution >= 4 is 17.7 Å². The molecule has 0 radical (unpaired) electrons. The van der Waals surface area contributed by atoms with Crippen molar-refractivity contribution in [2.24, 2.45) is 0 Å². The lowest BCUT2D eigenvalue weighted by molar-refractivity contribution is 0.311. The van der Waals surface area contributed by atoms with E-state index >= 15 is 0 Å². The fraction of sp³-hybridized carbons (Fsp3) is 0.200. The van der Waals surface area contributed by atoms with Crippen LogP contribution >= 0.6 is 0 Å². The first-order chi connectivity index (χ1) is 9.28. The molecule has 0 aliphatic carbocycles. The third kappa shape index (κ3) is 2.06. The van der Waals surface area contributed by atoms with E-state index in [1.807, 2.05) is 0 Å². The molecule has 19 heavy (non-hydrogen) atoms. The number of aromatic nitrogens is 5. The normalized spacial score (nSPS) is 11.0. The number of hydrogen-bond donors (Lipinski definition) is 3. The van der Waals surface area contributed by atoms with Gasteiger partial charge in [0, 0.05) is 6.54 Å². The Morgan fingerprint density at radius 2 is 2.26 bits per heavy atom. The number of aliphatic hydroxyl groups is 1. The van der Waals surface area contributed by atoms with Crippen molar-refractivity contribution < 1.29 is 9.52 Å². The lowest BCUT2D eigenvalue weighted by Gasteiger charge is -2.03. The van der Waals surface area contributed by atoms with Gasteiger partial charge in [-0.25, -0.2) is 0 Å². The quantitative estimate of drug-likeness (QED) is 0.587. The summed E-state index contributed by atoms with van der Waals surface area (Å²) in [5, 5.41) is 15.7. The number of aliphatic hydroxyl groups excluding tert-OH is 1. The van der Waals surface area contributed by atoms with Crippen molar-refractivity contribution in [3.05, 3.63) is 18.4 Å². The fourth-order valence-corrected chi connectivity index (χ4v) is 1.56. The van der Waals surface area contributed by atoms with E-state index in [4.69, 9.17) is 15.3 Å². The maximum atomic E-state index is 8.74. The first-order valence-electron chi connectivity index (χ1n) is 5.57. The predicted octanol–water partition coefficient (Wildman–Crippen LogP) is -0.234. The van der Waals surface area contributed by atoms with E-state index in [-0.39, 0.29) is 18.5 Å². The van der Waals surface area contributed by atoms with Gasteiger partial charge in [0.25, 0.3) is 5.78 Å². The maximum absolute atomic E-state index is 8.74. The molecule has 0 atom stereocenters. The van der Waals surface area contributed by atoms with Crippen LogP contribution in [-0.4, -0.2) is 42.8 Å². The number of fused-ring (bicyclic) bond motifs is 1. The molecule has 0 fully saturated rings. The molecule has 0 aliphatic rings. The van der Waals surface area contributed by atoms with Crippen molar-refractivity contribution in [1.82, 2.24) is 24.6 Å². The Hall–Kier alpha value is -2.68. The van der Waals surface area contributed by atoms with Gasteiger partial charge in [0.1, 0.15) is 0 Å². The first-order valence-corrected chi connectivity index (χ1v) is 5.57. The summed E-state index contributed by atoms with van der Waals surface area (Å²) in [6.07, 6.45) is 1.53. The van der Waals surface area contributed by atoms with Gasteiger partial charge in [0.2, 0.25) is 17.7 Å². The monoisotopic (exact) mass is 261 g/mol. The lowest BCUT2D eigenvalue weighted by atomic mass is 10.4. The van der Waals surface area contributed by atoms with E-state index in [1.54, 1.807) is 12.1 Å². The van der Waals surface area contributed by atoms with Crippen LogP contribution in [0.25, 0.3) is 17.4 Å². The second-order valence-electron chi connectivity index (χ2n) is 3.68. The molecule has 4 N–H and O–H groups in total. The third-order valence-electron chi connectivity index (χ3n) is 2.37. The molecule has 3 rings (SSSR count). The van der Waals surface area contributed by atoms with Crippen LogP contribution in [0.5, 0.6) is 0 Å². The summed E-state index contributed by atoms with van der Waals surface area (Å²) in [5.74, 6) is 1.65. The van der Waals surface area contributed by atoms with E-state index in [0.29, 0.717) is 23.9 Å². The number of nitrogens with one attached hydrogen (secondary N) is 1.